The van der Waals surface area contributed by atoms with Crippen LogP contribution >= 0.6 is 11.3 Å². The molecule has 0 aliphatic rings. The minimum Gasteiger partial charge on any atom is -0.301 e. The summed E-state index contributed by atoms with van der Waals surface area (Å²) in [5, 5.41) is 9.96. The van der Waals surface area contributed by atoms with Crippen LogP contribution in [0.1, 0.15) is 22.0 Å². The van der Waals surface area contributed by atoms with Crippen molar-refractivity contribution in [1.29, 1.82) is 0 Å². The highest BCUT2D eigenvalue weighted by atomic mass is 32.1. The van der Waals surface area contributed by atoms with Crippen molar-refractivity contribution in [3.05, 3.63) is 76.2 Å². The van der Waals surface area contributed by atoms with E-state index in [9.17, 15) is 0 Å². The third kappa shape index (κ3) is 2.98. The largest absolute Gasteiger partial charge is 0.301 e. The van der Waals surface area contributed by atoms with Crippen molar-refractivity contribution < 1.29 is 0 Å². The molecular weight excluding hydrogens is 266 g/mol. The first-order valence-corrected chi connectivity index (χ1v) is 7.50. The Morgan fingerprint density at radius 3 is 2.70 bits per heavy atom. The fourth-order valence-corrected chi connectivity index (χ4v) is 3.09. The molecule has 2 heterocycles. The predicted molar refractivity (Wildman–Crippen MR) is 82.7 cm³/mol. The summed E-state index contributed by atoms with van der Waals surface area (Å²) in [5.74, 6) is 0. The number of nitrogens with zero attached hydrogens (tertiary/aromatic N) is 2. The molecule has 3 nitrogen and oxygen atoms in total. The van der Waals surface area contributed by atoms with E-state index in [1.54, 1.807) is 11.3 Å². The maximum Gasteiger partial charge on any atom is 0.0673 e. The monoisotopic (exact) mass is 283 g/mol. The first-order valence-electron chi connectivity index (χ1n) is 6.62. The molecule has 102 valence electrons. The standard InChI is InChI=1S/C16H17N3S/c1-19-12-13(11-18-19)10-17-16(15-8-5-9-20-15)14-6-3-2-4-7-14/h2-9,11-12,16-17H,10H2,1H3. The summed E-state index contributed by atoms with van der Waals surface area (Å²) >= 11 is 1.78. The lowest BCUT2D eigenvalue weighted by Gasteiger charge is -2.17. The highest BCUT2D eigenvalue weighted by molar-refractivity contribution is 7.10. The minimum atomic E-state index is 0.233. The molecule has 0 saturated carbocycles. The summed E-state index contributed by atoms with van der Waals surface area (Å²) in [5.41, 5.74) is 2.49. The molecule has 0 spiro atoms. The molecule has 1 aromatic carbocycles. The van der Waals surface area contributed by atoms with Gasteiger partial charge in [0.25, 0.3) is 0 Å². The molecule has 20 heavy (non-hydrogen) atoms. The van der Waals surface area contributed by atoms with Crippen molar-refractivity contribution in [2.75, 3.05) is 0 Å². The van der Waals surface area contributed by atoms with Crippen molar-refractivity contribution in [3.63, 3.8) is 0 Å². The zero-order chi connectivity index (χ0) is 13.8. The van der Waals surface area contributed by atoms with E-state index in [2.05, 4.69) is 58.3 Å². The van der Waals surface area contributed by atoms with Crippen molar-refractivity contribution in [2.45, 2.75) is 12.6 Å². The Morgan fingerprint density at radius 2 is 2.05 bits per heavy atom. The van der Waals surface area contributed by atoms with Gasteiger partial charge in [-0.1, -0.05) is 36.4 Å². The highest BCUT2D eigenvalue weighted by Crippen LogP contribution is 2.26. The molecule has 0 amide bonds. The number of aryl methyl sites for hydroxylation is 1. The Balaban J connectivity index is 1.80. The van der Waals surface area contributed by atoms with E-state index >= 15 is 0 Å². The van der Waals surface area contributed by atoms with Gasteiger partial charge >= 0.3 is 0 Å². The molecule has 1 atom stereocenters. The molecule has 0 aliphatic carbocycles. The van der Waals surface area contributed by atoms with Gasteiger partial charge < -0.3 is 5.32 Å². The van der Waals surface area contributed by atoms with Gasteiger partial charge in [0.2, 0.25) is 0 Å². The fraction of sp³-hybridized carbons (Fsp3) is 0.188. The van der Waals surface area contributed by atoms with Crippen LogP contribution in [0.4, 0.5) is 0 Å². The molecular formula is C16H17N3S. The second-order valence-electron chi connectivity index (χ2n) is 4.76. The SMILES string of the molecule is Cn1cc(CNC(c2ccccc2)c2cccs2)cn1. The van der Waals surface area contributed by atoms with Gasteiger partial charge in [0.1, 0.15) is 0 Å². The van der Waals surface area contributed by atoms with Crippen molar-refractivity contribution in [2.24, 2.45) is 7.05 Å². The third-order valence-corrected chi connectivity index (χ3v) is 4.17. The molecule has 2 aromatic heterocycles. The Bertz CT molecular complexity index is 643. The first-order chi connectivity index (χ1) is 9.83. The average molecular weight is 283 g/mol. The zero-order valence-corrected chi connectivity index (χ0v) is 12.2. The molecule has 0 saturated heterocycles. The number of hydrogen-bond acceptors (Lipinski definition) is 3. The van der Waals surface area contributed by atoms with Gasteiger partial charge in [-0.25, -0.2) is 0 Å². The van der Waals surface area contributed by atoms with Gasteiger partial charge in [0.05, 0.1) is 12.2 Å². The van der Waals surface area contributed by atoms with Crippen LogP contribution in [-0.4, -0.2) is 9.78 Å². The summed E-state index contributed by atoms with van der Waals surface area (Å²) in [4.78, 5) is 1.33. The van der Waals surface area contributed by atoms with E-state index in [0.29, 0.717) is 0 Å². The van der Waals surface area contributed by atoms with E-state index < -0.39 is 0 Å². The summed E-state index contributed by atoms with van der Waals surface area (Å²) in [6, 6.07) is 15.1. The van der Waals surface area contributed by atoms with Crippen LogP contribution in [0.3, 0.4) is 0 Å². The van der Waals surface area contributed by atoms with E-state index in [0.717, 1.165) is 6.54 Å². The van der Waals surface area contributed by atoms with Gasteiger partial charge in [-0.05, 0) is 17.0 Å². The van der Waals surface area contributed by atoms with Crippen LogP contribution < -0.4 is 5.32 Å². The van der Waals surface area contributed by atoms with Crippen molar-refractivity contribution in [3.8, 4) is 0 Å². The lowest BCUT2D eigenvalue weighted by atomic mass is 10.1. The maximum absolute atomic E-state index is 4.21. The Labute approximate surface area is 122 Å². The quantitative estimate of drug-likeness (QED) is 0.778. The summed E-state index contributed by atoms with van der Waals surface area (Å²) in [6.45, 7) is 0.811. The molecule has 0 bridgehead atoms. The summed E-state index contributed by atoms with van der Waals surface area (Å²) < 4.78 is 1.83. The number of thiophene rings is 1. The topological polar surface area (TPSA) is 29.9 Å². The van der Waals surface area contributed by atoms with Crippen LogP contribution in [0.5, 0.6) is 0 Å². The molecule has 4 heteroatoms. The molecule has 0 aliphatic heterocycles. The molecule has 1 unspecified atom stereocenters. The van der Waals surface area contributed by atoms with Crippen LogP contribution in [0, 0.1) is 0 Å². The Morgan fingerprint density at radius 1 is 1.20 bits per heavy atom. The van der Waals surface area contributed by atoms with Crippen LogP contribution in [0.15, 0.2) is 60.2 Å². The summed E-state index contributed by atoms with van der Waals surface area (Å²) in [6.07, 6.45) is 3.95. The van der Waals surface area contributed by atoms with Gasteiger partial charge in [-0.15, -0.1) is 11.3 Å². The lowest BCUT2D eigenvalue weighted by Crippen LogP contribution is -2.20. The Hall–Kier alpha value is -1.91. The zero-order valence-electron chi connectivity index (χ0n) is 11.4. The molecule has 1 N–H and O–H groups in total. The number of aromatic nitrogens is 2. The lowest BCUT2D eigenvalue weighted by molar-refractivity contribution is 0.613. The average Bonchev–Trinajstić information content (AvgIpc) is 3.12. The highest BCUT2D eigenvalue weighted by Gasteiger charge is 2.14. The normalized spacial score (nSPS) is 12.4. The van der Waals surface area contributed by atoms with Crippen LogP contribution in [0.2, 0.25) is 0 Å². The second kappa shape index (κ2) is 6.03. The fourth-order valence-electron chi connectivity index (χ4n) is 2.27. The number of hydrogen-bond donors (Lipinski definition) is 1. The minimum absolute atomic E-state index is 0.233. The van der Waals surface area contributed by atoms with E-state index in [-0.39, 0.29) is 6.04 Å². The number of nitrogens with one attached hydrogen (secondary N) is 1. The van der Waals surface area contributed by atoms with Gasteiger partial charge in [-0.3, -0.25) is 4.68 Å². The van der Waals surface area contributed by atoms with Crippen LogP contribution in [-0.2, 0) is 13.6 Å². The van der Waals surface area contributed by atoms with E-state index in [1.165, 1.54) is 16.0 Å². The van der Waals surface area contributed by atoms with E-state index in [4.69, 9.17) is 0 Å². The van der Waals surface area contributed by atoms with Gasteiger partial charge in [0, 0.05) is 30.2 Å². The molecule has 0 fully saturated rings. The number of rotatable bonds is 5. The maximum atomic E-state index is 4.21. The molecule has 3 aromatic rings. The molecule has 0 radical (unpaired) electrons. The smallest absolute Gasteiger partial charge is 0.0673 e. The van der Waals surface area contributed by atoms with Crippen LogP contribution in [0.25, 0.3) is 0 Å². The first kappa shape index (κ1) is 13.1. The predicted octanol–water partition coefficient (Wildman–Crippen LogP) is 3.36. The molecule has 3 rings (SSSR count). The van der Waals surface area contributed by atoms with Gasteiger partial charge in [-0.2, -0.15) is 5.10 Å². The Kier molecular flexibility index (Phi) is 3.95. The third-order valence-electron chi connectivity index (χ3n) is 3.23. The van der Waals surface area contributed by atoms with Gasteiger partial charge in [0.15, 0.2) is 0 Å². The van der Waals surface area contributed by atoms with E-state index in [1.807, 2.05) is 24.1 Å². The van der Waals surface area contributed by atoms with Crippen molar-refractivity contribution in [1.82, 2.24) is 15.1 Å². The number of benzene rings is 1. The second-order valence-corrected chi connectivity index (χ2v) is 5.74. The van der Waals surface area contributed by atoms with Crippen molar-refractivity contribution >= 4 is 11.3 Å². The summed E-state index contributed by atoms with van der Waals surface area (Å²) in [7, 11) is 1.94.